The molecular formula is C14H10N2OS. The van der Waals surface area contributed by atoms with E-state index in [-0.39, 0.29) is 5.56 Å². The third-order valence-corrected chi connectivity index (χ3v) is 4.73. The maximum atomic E-state index is 11.8. The summed E-state index contributed by atoms with van der Waals surface area (Å²) in [5.41, 5.74) is 4.72. The fourth-order valence-corrected chi connectivity index (χ4v) is 3.90. The maximum Gasteiger partial charge on any atom is 0.268 e. The minimum absolute atomic E-state index is 0.0307. The molecule has 88 valence electrons. The van der Waals surface area contributed by atoms with Gasteiger partial charge in [0.1, 0.15) is 4.70 Å². The standard InChI is InChI=1S/C14H10N2OS/c17-14-13-11(15-7-16-14)10-6-5-8-3-1-2-4-9(8)12(10)18-13/h1-4,7H,5-6H2,(H,15,16,17). The number of nitrogens with zero attached hydrogens (tertiary/aromatic N) is 1. The highest BCUT2D eigenvalue weighted by Gasteiger charge is 2.22. The van der Waals surface area contributed by atoms with Gasteiger partial charge in [-0.05, 0) is 29.5 Å². The predicted molar refractivity (Wildman–Crippen MR) is 73.1 cm³/mol. The molecule has 4 heteroatoms. The molecule has 0 saturated carbocycles. The smallest absolute Gasteiger partial charge is 0.268 e. The van der Waals surface area contributed by atoms with Crippen LogP contribution in [0, 0.1) is 0 Å². The second kappa shape index (κ2) is 3.53. The summed E-state index contributed by atoms with van der Waals surface area (Å²) in [6.07, 6.45) is 3.50. The normalized spacial score (nSPS) is 13.3. The van der Waals surface area contributed by atoms with Crippen molar-refractivity contribution < 1.29 is 0 Å². The lowest BCUT2D eigenvalue weighted by Gasteiger charge is -2.15. The van der Waals surface area contributed by atoms with Gasteiger partial charge in [-0.1, -0.05) is 24.3 Å². The third kappa shape index (κ3) is 1.24. The number of nitrogens with one attached hydrogen (secondary N) is 1. The first kappa shape index (κ1) is 10.0. The molecule has 0 fully saturated rings. The molecule has 0 bridgehead atoms. The molecule has 1 N–H and O–H groups in total. The van der Waals surface area contributed by atoms with Gasteiger partial charge >= 0.3 is 0 Å². The van der Waals surface area contributed by atoms with Crippen molar-refractivity contribution >= 4 is 21.6 Å². The number of aromatic amines is 1. The van der Waals surface area contributed by atoms with Crippen LogP contribution in [0.1, 0.15) is 11.1 Å². The van der Waals surface area contributed by atoms with Gasteiger partial charge in [-0.2, -0.15) is 0 Å². The summed E-state index contributed by atoms with van der Waals surface area (Å²) in [6, 6.07) is 8.43. The van der Waals surface area contributed by atoms with E-state index in [4.69, 9.17) is 0 Å². The minimum atomic E-state index is -0.0307. The van der Waals surface area contributed by atoms with Gasteiger partial charge in [0.05, 0.1) is 11.8 Å². The Bertz CT molecular complexity index is 816. The van der Waals surface area contributed by atoms with Crippen LogP contribution in [0.2, 0.25) is 0 Å². The highest BCUT2D eigenvalue weighted by atomic mass is 32.1. The molecule has 1 aromatic carbocycles. The summed E-state index contributed by atoms with van der Waals surface area (Å²) in [5.74, 6) is 0. The quantitative estimate of drug-likeness (QED) is 0.670. The Labute approximate surface area is 107 Å². The summed E-state index contributed by atoms with van der Waals surface area (Å²) in [7, 11) is 0. The van der Waals surface area contributed by atoms with Crippen LogP contribution < -0.4 is 5.56 Å². The van der Waals surface area contributed by atoms with Gasteiger partial charge in [0.15, 0.2) is 0 Å². The molecule has 3 nitrogen and oxygen atoms in total. The number of aryl methyl sites for hydroxylation is 2. The zero-order chi connectivity index (χ0) is 12.1. The van der Waals surface area contributed by atoms with E-state index in [0.29, 0.717) is 0 Å². The first-order valence-electron chi connectivity index (χ1n) is 5.92. The Kier molecular flexibility index (Phi) is 1.96. The predicted octanol–water partition coefficient (Wildman–Crippen LogP) is 2.75. The fourth-order valence-electron chi connectivity index (χ4n) is 2.64. The van der Waals surface area contributed by atoms with Crippen LogP contribution in [0.15, 0.2) is 35.4 Å². The lowest BCUT2D eigenvalue weighted by molar-refractivity contribution is 0.952. The molecule has 0 amide bonds. The molecule has 1 aliphatic rings. The molecule has 0 radical (unpaired) electrons. The van der Waals surface area contributed by atoms with Gasteiger partial charge in [-0.15, -0.1) is 11.3 Å². The third-order valence-electron chi connectivity index (χ3n) is 3.48. The largest absolute Gasteiger partial charge is 0.312 e. The van der Waals surface area contributed by atoms with E-state index in [1.807, 2.05) is 0 Å². The van der Waals surface area contributed by atoms with E-state index in [9.17, 15) is 4.79 Å². The second-order valence-electron chi connectivity index (χ2n) is 4.48. The lowest BCUT2D eigenvalue weighted by atomic mass is 9.91. The van der Waals surface area contributed by atoms with Gasteiger partial charge < -0.3 is 4.98 Å². The van der Waals surface area contributed by atoms with Crippen molar-refractivity contribution in [2.45, 2.75) is 12.8 Å². The molecule has 0 aliphatic heterocycles. The lowest BCUT2D eigenvalue weighted by Crippen LogP contribution is -2.05. The highest BCUT2D eigenvalue weighted by molar-refractivity contribution is 7.22. The van der Waals surface area contributed by atoms with Crippen LogP contribution in [-0.2, 0) is 12.8 Å². The van der Waals surface area contributed by atoms with E-state index in [1.165, 1.54) is 27.9 Å². The summed E-state index contributed by atoms with van der Waals surface area (Å²) >= 11 is 1.56. The highest BCUT2D eigenvalue weighted by Crippen LogP contribution is 2.41. The molecule has 1 aliphatic carbocycles. The van der Waals surface area contributed by atoms with Crippen molar-refractivity contribution in [2.75, 3.05) is 0 Å². The molecular weight excluding hydrogens is 244 g/mol. The second-order valence-corrected chi connectivity index (χ2v) is 5.50. The number of hydrogen-bond acceptors (Lipinski definition) is 3. The fraction of sp³-hybridized carbons (Fsp3) is 0.143. The van der Waals surface area contributed by atoms with Crippen molar-refractivity contribution in [1.29, 1.82) is 0 Å². The van der Waals surface area contributed by atoms with Gasteiger partial charge in [0.2, 0.25) is 0 Å². The first-order valence-corrected chi connectivity index (χ1v) is 6.73. The average Bonchev–Trinajstić information content (AvgIpc) is 2.79. The van der Waals surface area contributed by atoms with Gasteiger partial charge in [-0.3, -0.25) is 4.79 Å². The van der Waals surface area contributed by atoms with Gasteiger partial charge in [0.25, 0.3) is 5.56 Å². The number of thiophene rings is 1. The SMILES string of the molecule is O=c1[nH]cnc2c3c(sc12)-c1ccccc1CC3. The Hall–Kier alpha value is -1.94. The van der Waals surface area contributed by atoms with Crippen molar-refractivity contribution in [3.8, 4) is 10.4 Å². The number of benzene rings is 1. The Morgan fingerprint density at radius 3 is 3.06 bits per heavy atom. The number of H-pyrrole nitrogens is 1. The Morgan fingerprint density at radius 1 is 1.22 bits per heavy atom. The maximum absolute atomic E-state index is 11.8. The summed E-state index contributed by atoms with van der Waals surface area (Å²) < 4.78 is 0.749. The molecule has 18 heavy (non-hydrogen) atoms. The summed E-state index contributed by atoms with van der Waals surface area (Å²) in [6.45, 7) is 0. The van der Waals surface area contributed by atoms with E-state index in [1.54, 1.807) is 11.3 Å². The average molecular weight is 254 g/mol. The van der Waals surface area contributed by atoms with Crippen LogP contribution in [0.3, 0.4) is 0 Å². The van der Waals surface area contributed by atoms with Crippen LogP contribution in [-0.4, -0.2) is 9.97 Å². The number of hydrogen-bond donors (Lipinski definition) is 1. The van der Waals surface area contributed by atoms with Crippen LogP contribution >= 0.6 is 11.3 Å². The summed E-state index contributed by atoms with van der Waals surface area (Å²) in [5, 5.41) is 0. The number of aromatic nitrogens is 2. The van der Waals surface area contributed by atoms with E-state index < -0.39 is 0 Å². The number of fused-ring (bicyclic) bond motifs is 5. The Morgan fingerprint density at radius 2 is 2.11 bits per heavy atom. The van der Waals surface area contributed by atoms with Crippen molar-refractivity contribution in [3.63, 3.8) is 0 Å². The van der Waals surface area contributed by atoms with Crippen LogP contribution in [0.25, 0.3) is 20.7 Å². The molecule has 0 spiro atoms. The molecule has 2 aromatic heterocycles. The van der Waals surface area contributed by atoms with Gasteiger partial charge in [-0.25, -0.2) is 4.98 Å². The minimum Gasteiger partial charge on any atom is -0.312 e. The first-order chi connectivity index (χ1) is 8.84. The molecule has 2 heterocycles. The van der Waals surface area contributed by atoms with Crippen molar-refractivity contribution in [1.82, 2.24) is 9.97 Å². The van der Waals surface area contributed by atoms with Crippen molar-refractivity contribution in [3.05, 3.63) is 52.1 Å². The van der Waals surface area contributed by atoms with Gasteiger partial charge in [0, 0.05) is 4.88 Å². The zero-order valence-electron chi connectivity index (χ0n) is 9.56. The molecule has 3 aromatic rings. The Balaban J connectivity index is 2.14. The van der Waals surface area contributed by atoms with E-state index >= 15 is 0 Å². The van der Waals surface area contributed by atoms with E-state index in [0.717, 1.165) is 23.1 Å². The van der Waals surface area contributed by atoms with Crippen molar-refractivity contribution in [2.24, 2.45) is 0 Å². The zero-order valence-corrected chi connectivity index (χ0v) is 10.4. The number of rotatable bonds is 0. The molecule has 0 saturated heterocycles. The monoisotopic (exact) mass is 254 g/mol. The molecule has 0 atom stereocenters. The molecule has 4 rings (SSSR count). The topological polar surface area (TPSA) is 45.8 Å². The van der Waals surface area contributed by atoms with Crippen LogP contribution in [0.5, 0.6) is 0 Å². The van der Waals surface area contributed by atoms with E-state index in [2.05, 4.69) is 34.2 Å². The van der Waals surface area contributed by atoms with Crippen LogP contribution in [0.4, 0.5) is 0 Å². The molecule has 0 unspecified atom stereocenters. The summed E-state index contributed by atoms with van der Waals surface area (Å²) in [4.78, 5) is 20.0.